The first-order valence-corrected chi connectivity index (χ1v) is 11.4. The molecule has 34 heavy (non-hydrogen) atoms. The zero-order chi connectivity index (χ0) is 24.4. The molecule has 1 aliphatic heterocycles. The summed E-state index contributed by atoms with van der Waals surface area (Å²) in [5.74, 6) is 0.124. The number of primary amides is 1. The van der Waals surface area contributed by atoms with Gasteiger partial charge in [0.1, 0.15) is 6.04 Å². The maximum atomic E-state index is 13.6. The molecule has 1 aromatic heterocycles. The number of hydrogen-bond donors (Lipinski definition) is 1. The van der Waals surface area contributed by atoms with Crippen molar-refractivity contribution < 1.29 is 19.1 Å². The van der Waals surface area contributed by atoms with Crippen LogP contribution in [-0.4, -0.2) is 35.4 Å². The van der Waals surface area contributed by atoms with Crippen molar-refractivity contribution in [3.63, 3.8) is 0 Å². The summed E-state index contributed by atoms with van der Waals surface area (Å²) in [7, 11) is 1.55. The highest BCUT2D eigenvalue weighted by Crippen LogP contribution is 2.44. The van der Waals surface area contributed by atoms with Crippen LogP contribution in [-0.2, 0) is 11.2 Å². The number of fused-ring (bicyclic) bond motifs is 1. The predicted molar refractivity (Wildman–Crippen MR) is 129 cm³/mol. The highest BCUT2D eigenvalue weighted by molar-refractivity contribution is 6.35. The first kappa shape index (κ1) is 23.9. The Hall–Kier alpha value is -3.29. The van der Waals surface area contributed by atoms with Gasteiger partial charge in [-0.2, -0.15) is 0 Å². The van der Waals surface area contributed by atoms with Crippen molar-refractivity contribution in [2.75, 3.05) is 13.7 Å². The molecule has 2 unspecified atom stereocenters. The van der Waals surface area contributed by atoms with Crippen LogP contribution in [0.2, 0.25) is 10.0 Å². The minimum absolute atomic E-state index is 0.224. The summed E-state index contributed by atoms with van der Waals surface area (Å²) in [5, 5.41) is 0.714. The highest BCUT2D eigenvalue weighted by atomic mass is 35.5. The molecular weight excluding hydrogens is 477 g/mol. The van der Waals surface area contributed by atoms with Crippen LogP contribution in [0.1, 0.15) is 46.1 Å². The number of hydrogen-bond acceptors (Lipinski definition) is 5. The highest BCUT2D eigenvalue weighted by Gasteiger charge is 2.44. The standard InChI is InChI=1S/C25H23Cl2N3O4/c1-3-34-22-10-14(8-9-21(22)33-2)20(11-17-18(26)12-29-13-19(17)27)30-23(24(28)31)15-6-4-5-7-16(15)25(30)32/h4-10,12-13,20,23H,3,11H2,1-2H3,(H2,28,31). The van der Waals surface area contributed by atoms with Crippen molar-refractivity contribution in [2.45, 2.75) is 25.4 Å². The number of nitrogens with two attached hydrogens (primary N) is 1. The molecule has 1 aliphatic rings. The quantitative estimate of drug-likeness (QED) is 0.481. The average Bonchev–Trinajstić information content (AvgIpc) is 3.12. The second-order valence-corrected chi connectivity index (χ2v) is 8.56. The smallest absolute Gasteiger partial charge is 0.255 e. The lowest BCUT2D eigenvalue weighted by atomic mass is 9.95. The molecule has 2 N–H and O–H groups in total. The van der Waals surface area contributed by atoms with Gasteiger partial charge in [0, 0.05) is 24.4 Å². The number of benzene rings is 2. The van der Waals surface area contributed by atoms with E-state index in [1.165, 1.54) is 17.3 Å². The summed E-state index contributed by atoms with van der Waals surface area (Å²) in [6.45, 7) is 2.29. The van der Waals surface area contributed by atoms with Gasteiger partial charge in [-0.25, -0.2) is 0 Å². The van der Waals surface area contributed by atoms with E-state index in [1.54, 1.807) is 43.5 Å². The van der Waals surface area contributed by atoms with Gasteiger partial charge in [0.15, 0.2) is 11.5 Å². The number of halogens is 2. The van der Waals surface area contributed by atoms with Crippen molar-refractivity contribution in [1.29, 1.82) is 0 Å². The Morgan fingerprint density at radius 1 is 1.15 bits per heavy atom. The Morgan fingerprint density at radius 2 is 1.85 bits per heavy atom. The van der Waals surface area contributed by atoms with Crippen molar-refractivity contribution in [1.82, 2.24) is 9.88 Å². The molecule has 2 amide bonds. The summed E-state index contributed by atoms with van der Waals surface area (Å²) in [6.07, 6.45) is 3.21. The molecule has 0 aliphatic carbocycles. The molecule has 3 aromatic rings. The summed E-state index contributed by atoms with van der Waals surface area (Å²) < 4.78 is 11.2. The van der Waals surface area contributed by atoms with E-state index in [1.807, 2.05) is 13.0 Å². The third-order valence-electron chi connectivity index (χ3n) is 5.83. The Kier molecular flexibility index (Phi) is 6.95. The number of pyridine rings is 1. The summed E-state index contributed by atoms with van der Waals surface area (Å²) in [5.41, 5.74) is 8.13. The minimum atomic E-state index is -0.953. The Labute approximate surface area is 207 Å². The first-order valence-electron chi connectivity index (χ1n) is 10.7. The van der Waals surface area contributed by atoms with Crippen LogP contribution >= 0.6 is 23.2 Å². The summed E-state index contributed by atoms with van der Waals surface area (Å²) in [4.78, 5) is 31.8. The van der Waals surface area contributed by atoms with E-state index in [0.29, 0.717) is 50.4 Å². The van der Waals surface area contributed by atoms with E-state index >= 15 is 0 Å². The summed E-state index contributed by atoms with van der Waals surface area (Å²) >= 11 is 12.9. The maximum Gasteiger partial charge on any atom is 0.255 e. The molecule has 0 saturated heterocycles. The van der Waals surface area contributed by atoms with Crippen LogP contribution in [0.3, 0.4) is 0 Å². The monoisotopic (exact) mass is 499 g/mol. The number of amides is 2. The molecule has 7 nitrogen and oxygen atoms in total. The largest absolute Gasteiger partial charge is 0.493 e. The number of carbonyl (C=O) groups excluding carboxylic acids is 2. The normalized spacial score (nSPS) is 15.7. The van der Waals surface area contributed by atoms with Crippen LogP contribution in [0.5, 0.6) is 11.5 Å². The molecule has 0 fully saturated rings. The van der Waals surface area contributed by atoms with Gasteiger partial charge in [0.05, 0.1) is 29.8 Å². The van der Waals surface area contributed by atoms with Crippen molar-refractivity contribution in [3.8, 4) is 11.5 Å². The Morgan fingerprint density at radius 3 is 2.50 bits per heavy atom. The fourth-order valence-corrected chi connectivity index (χ4v) is 4.84. The maximum absolute atomic E-state index is 13.6. The van der Waals surface area contributed by atoms with Gasteiger partial charge in [-0.1, -0.05) is 47.5 Å². The van der Waals surface area contributed by atoms with Gasteiger partial charge in [0.2, 0.25) is 5.91 Å². The van der Waals surface area contributed by atoms with Gasteiger partial charge in [-0.3, -0.25) is 14.6 Å². The van der Waals surface area contributed by atoms with Crippen molar-refractivity contribution in [3.05, 3.63) is 87.2 Å². The van der Waals surface area contributed by atoms with Crippen LogP contribution < -0.4 is 15.2 Å². The van der Waals surface area contributed by atoms with Gasteiger partial charge >= 0.3 is 0 Å². The number of methoxy groups -OCH3 is 1. The van der Waals surface area contributed by atoms with E-state index in [2.05, 4.69) is 4.98 Å². The molecule has 0 bridgehead atoms. The fourth-order valence-electron chi connectivity index (χ4n) is 4.32. The molecule has 2 heterocycles. The summed E-state index contributed by atoms with van der Waals surface area (Å²) in [6, 6.07) is 10.7. The molecule has 9 heteroatoms. The molecule has 2 aromatic carbocycles. The third-order valence-corrected chi connectivity index (χ3v) is 6.48. The SMILES string of the molecule is CCOc1cc(C(Cc2c(Cl)cncc2Cl)N2C(=O)c3ccccc3C2C(N)=O)ccc1OC. The van der Waals surface area contributed by atoms with Crippen LogP contribution in [0, 0.1) is 0 Å². The van der Waals surface area contributed by atoms with Gasteiger partial charge in [0.25, 0.3) is 5.91 Å². The molecule has 0 spiro atoms. The lowest BCUT2D eigenvalue weighted by Crippen LogP contribution is -2.39. The van der Waals surface area contributed by atoms with E-state index in [0.717, 1.165) is 0 Å². The second kappa shape index (κ2) is 9.91. The zero-order valence-electron chi connectivity index (χ0n) is 18.6. The number of rotatable bonds is 8. The number of carbonyl (C=O) groups is 2. The molecule has 4 rings (SSSR count). The van der Waals surface area contributed by atoms with E-state index < -0.39 is 18.0 Å². The van der Waals surface area contributed by atoms with Crippen LogP contribution in [0.25, 0.3) is 0 Å². The number of aromatic nitrogens is 1. The van der Waals surface area contributed by atoms with Crippen molar-refractivity contribution in [2.24, 2.45) is 5.73 Å². The minimum Gasteiger partial charge on any atom is -0.493 e. The zero-order valence-corrected chi connectivity index (χ0v) is 20.1. The van der Waals surface area contributed by atoms with Gasteiger partial charge in [-0.05, 0) is 41.8 Å². The number of ether oxygens (including phenoxy) is 2. The molecule has 2 atom stereocenters. The second-order valence-electron chi connectivity index (χ2n) is 7.75. The lowest BCUT2D eigenvalue weighted by molar-refractivity contribution is -0.123. The Bertz CT molecular complexity index is 1230. The topological polar surface area (TPSA) is 94.8 Å². The third kappa shape index (κ3) is 4.29. The molecule has 0 saturated carbocycles. The van der Waals surface area contributed by atoms with E-state index in [4.69, 9.17) is 38.4 Å². The van der Waals surface area contributed by atoms with Gasteiger partial charge < -0.3 is 20.1 Å². The van der Waals surface area contributed by atoms with Crippen LogP contribution in [0.4, 0.5) is 0 Å². The average molecular weight is 500 g/mol. The Balaban J connectivity index is 1.89. The van der Waals surface area contributed by atoms with Crippen molar-refractivity contribution >= 4 is 35.0 Å². The first-order chi connectivity index (χ1) is 16.4. The predicted octanol–water partition coefficient (Wildman–Crippen LogP) is 4.76. The van der Waals surface area contributed by atoms with Gasteiger partial charge in [-0.15, -0.1) is 0 Å². The van der Waals surface area contributed by atoms with Crippen LogP contribution in [0.15, 0.2) is 54.9 Å². The van der Waals surface area contributed by atoms with E-state index in [-0.39, 0.29) is 12.3 Å². The number of nitrogens with zero attached hydrogens (tertiary/aromatic N) is 2. The molecule has 0 radical (unpaired) electrons. The lowest BCUT2D eigenvalue weighted by Gasteiger charge is -2.33. The van der Waals surface area contributed by atoms with E-state index in [9.17, 15) is 9.59 Å². The molecular formula is C25H23Cl2N3O4. The fraction of sp³-hybridized carbons (Fsp3) is 0.240. The molecule has 176 valence electrons.